The fourth-order valence-electron chi connectivity index (χ4n) is 1.80. The number of hydrogen-bond donors (Lipinski definition) is 3. The SMILES string of the molecule is Cc1ncc(CNCC2CNCC2O)s1.Cl. The van der Waals surface area contributed by atoms with Gasteiger partial charge < -0.3 is 15.7 Å². The van der Waals surface area contributed by atoms with E-state index in [-0.39, 0.29) is 18.5 Å². The van der Waals surface area contributed by atoms with Crippen molar-refractivity contribution in [3.8, 4) is 0 Å². The zero-order chi connectivity index (χ0) is 10.7. The molecule has 6 heteroatoms. The molecule has 1 aromatic heterocycles. The number of aliphatic hydroxyl groups excluding tert-OH is 1. The smallest absolute Gasteiger partial charge is 0.0897 e. The molecule has 1 aliphatic heterocycles. The quantitative estimate of drug-likeness (QED) is 0.742. The van der Waals surface area contributed by atoms with Crippen molar-refractivity contribution in [1.82, 2.24) is 15.6 Å². The molecular weight excluding hydrogens is 246 g/mol. The second-order valence-corrected chi connectivity index (χ2v) is 5.28. The van der Waals surface area contributed by atoms with E-state index < -0.39 is 0 Å². The zero-order valence-corrected chi connectivity index (χ0v) is 10.9. The Bertz CT molecular complexity index is 321. The van der Waals surface area contributed by atoms with Crippen LogP contribution in [-0.2, 0) is 6.54 Å². The average molecular weight is 264 g/mol. The van der Waals surface area contributed by atoms with Crippen molar-refractivity contribution in [1.29, 1.82) is 0 Å². The molecule has 0 spiro atoms. The van der Waals surface area contributed by atoms with Gasteiger partial charge in [-0.25, -0.2) is 4.98 Å². The lowest BCUT2D eigenvalue weighted by molar-refractivity contribution is 0.146. The predicted molar refractivity (Wildman–Crippen MR) is 68.2 cm³/mol. The molecule has 0 amide bonds. The molecule has 16 heavy (non-hydrogen) atoms. The van der Waals surface area contributed by atoms with Gasteiger partial charge in [-0.3, -0.25) is 0 Å². The summed E-state index contributed by atoms with van der Waals surface area (Å²) in [5.74, 6) is 0.346. The van der Waals surface area contributed by atoms with Gasteiger partial charge in [0.2, 0.25) is 0 Å². The van der Waals surface area contributed by atoms with Crippen LogP contribution in [0, 0.1) is 12.8 Å². The summed E-state index contributed by atoms with van der Waals surface area (Å²) in [6, 6.07) is 0. The predicted octanol–water partition coefficient (Wildman–Crippen LogP) is 0.543. The summed E-state index contributed by atoms with van der Waals surface area (Å²) in [5.41, 5.74) is 0. The minimum absolute atomic E-state index is 0. The molecule has 1 aliphatic rings. The van der Waals surface area contributed by atoms with Crippen LogP contribution in [0.4, 0.5) is 0 Å². The molecule has 1 aromatic rings. The molecule has 2 heterocycles. The Balaban J connectivity index is 0.00000128. The maximum atomic E-state index is 9.58. The van der Waals surface area contributed by atoms with Gasteiger partial charge in [0, 0.05) is 43.2 Å². The highest BCUT2D eigenvalue weighted by Crippen LogP contribution is 2.12. The first-order valence-corrected chi connectivity index (χ1v) is 6.08. The molecule has 0 bridgehead atoms. The second-order valence-electron chi connectivity index (χ2n) is 3.96. The number of β-amino-alcohol motifs (C(OH)–C–C–N with tert-alkyl or cyclic N) is 1. The second kappa shape index (κ2) is 6.51. The summed E-state index contributed by atoms with van der Waals surface area (Å²) in [4.78, 5) is 5.46. The number of nitrogens with one attached hydrogen (secondary N) is 2. The Morgan fingerprint density at radius 1 is 1.62 bits per heavy atom. The van der Waals surface area contributed by atoms with Gasteiger partial charge in [-0.15, -0.1) is 23.7 Å². The van der Waals surface area contributed by atoms with E-state index in [9.17, 15) is 5.11 Å². The largest absolute Gasteiger partial charge is 0.391 e. The van der Waals surface area contributed by atoms with Crippen LogP contribution in [-0.4, -0.2) is 35.8 Å². The Morgan fingerprint density at radius 3 is 3.00 bits per heavy atom. The Hall–Kier alpha value is -0.200. The van der Waals surface area contributed by atoms with Gasteiger partial charge in [-0.1, -0.05) is 0 Å². The number of aromatic nitrogens is 1. The first kappa shape index (κ1) is 13.9. The molecule has 4 nitrogen and oxygen atoms in total. The van der Waals surface area contributed by atoms with Crippen LogP contribution in [0.25, 0.3) is 0 Å². The number of aryl methyl sites for hydroxylation is 1. The lowest BCUT2D eigenvalue weighted by Crippen LogP contribution is -2.29. The normalized spacial score (nSPS) is 24.4. The minimum atomic E-state index is -0.194. The Morgan fingerprint density at radius 2 is 2.44 bits per heavy atom. The summed E-state index contributed by atoms with van der Waals surface area (Å²) >= 11 is 1.72. The van der Waals surface area contributed by atoms with Crippen molar-refractivity contribution < 1.29 is 5.11 Å². The van der Waals surface area contributed by atoms with Gasteiger partial charge in [0.15, 0.2) is 0 Å². The highest BCUT2D eigenvalue weighted by molar-refractivity contribution is 7.11. The lowest BCUT2D eigenvalue weighted by Gasteiger charge is -2.13. The lowest BCUT2D eigenvalue weighted by atomic mass is 10.1. The van der Waals surface area contributed by atoms with E-state index >= 15 is 0 Å². The fraction of sp³-hybridized carbons (Fsp3) is 0.700. The third kappa shape index (κ3) is 3.68. The molecule has 2 atom stereocenters. The number of thiazole rings is 1. The molecule has 1 fully saturated rings. The van der Waals surface area contributed by atoms with Gasteiger partial charge in [-0.2, -0.15) is 0 Å². The van der Waals surface area contributed by atoms with E-state index in [2.05, 4.69) is 15.6 Å². The monoisotopic (exact) mass is 263 g/mol. The van der Waals surface area contributed by atoms with Crippen molar-refractivity contribution in [2.24, 2.45) is 5.92 Å². The van der Waals surface area contributed by atoms with Crippen molar-refractivity contribution >= 4 is 23.7 Å². The van der Waals surface area contributed by atoms with Crippen LogP contribution in [0.1, 0.15) is 9.88 Å². The van der Waals surface area contributed by atoms with Gasteiger partial charge >= 0.3 is 0 Å². The first-order chi connectivity index (χ1) is 7.25. The van der Waals surface area contributed by atoms with E-state index in [1.54, 1.807) is 11.3 Å². The number of aliphatic hydroxyl groups is 1. The third-order valence-electron chi connectivity index (χ3n) is 2.68. The van der Waals surface area contributed by atoms with E-state index in [4.69, 9.17) is 0 Å². The van der Waals surface area contributed by atoms with Crippen molar-refractivity contribution in [2.75, 3.05) is 19.6 Å². The number of hydrogen-bond acceptors (Lipinski definition) is 5. The van der Waals surface area contributed by atoms with Gasteiger partial charge in [0.25, 0.3) is 0 Å². The standard InChI is InChI=1S/C10H17N3OS.ClH/c1-7-13-5-9(15-7)4-11-2-8-3-12-6-10(8)14;/h5,8,10-12,14H,2-4,6H2,1H3;1H. The van der Waals surface area contributed by atoms with Crippen LogP contribution < -0.4 is 10.6 Å². The molecule has 0 aromatic carbocycles. The summed E-state index contributed by atoms with van der Waals surface area (Å²) in [6.07, 6.45) is 1.72. The number of nitrogens with zero attached hydrogens (tertiary/aromatic N) is 1. The summed E-state index contributed by atoms with van der Waals surface area (Å²) < 4.78 is 0. The topological polar surface area (TPSA) is 57.2 Å². The highest BCUT2D eigenvalue weighted by Gasteiger charge is 2.23. The molecule has 0 aliphatic carbocycles. The van der Waals surface area contributed by atoms with Crippen molar-refractivity contribution in [3.63, 3.8) is 0 Å². The molecule has 2 unspecified atom stereocenters. The maximum Gasteiger partial charge on any atom is 0.0897 e. The maximum absolute atomic E-state index is 9.58. The molecule has 0 radical (unpaired) electrons. The van der Waals surface area contributed by atoms with Gasteiger partial charge in [-0.05, 0) is 6.92 Å². The Labute approximate surface area is 106 Å². The van der Waals surface area contributed by atoms with Gasteiger partial charge in [0.05, 0.1) is 11.1 Å². The van der Waals surface area contributed by atoms with Crippen LogP contribution in [0.3, 0.4) is 0 Å². The molecule has 1 saturated heterocycles. The number of halogens is 1. The fourth-order valence-corrected chi connectivity index (χ4v) is 2.56. The summed E-state index contributed by atoms with van der Waals surface area (Å²) in [6.45, 7) is 5.38. The van der Waals surface area contributed by atoms with Crippen molar-refractivity contribution in [3.05, 3.63) is 16.1 Å². The van der Waals surface area contributed by atoms with Gasteiger partial charge in [0.1, 0.15) is 0 Å². The van der Waals surface area contributed by atoms with Crippen molar-refractivity contribution in [2.45, 2.75) is 19.6 Å². The summed E-state index contributed by atoms with van der Waals surface area (Å²) in [5, 5.41) is 17.2. The van der Waals surface area contributed by atoms with Crippen LogP contribution in [0.5, 0.6) is 0 Å². The summed E-state index contributed by atoms with van der Waals surface area (Å²) in [7, 11) is 0. The van der Waals surface area contributed by atoms with E-state index in [1.165, 1.54) is 4.88 Å². The molecule has 0 saturated carbocycles. The molecule has 2 rings (SSSR count). The first-order valence-electron chi connectivity index (χ1n) is 5.26. The van der Waals surface area contributed by atoms with E-state index in [0.29, 0.717) is 5.92 Å². The molecule has 92 valence electrons. The molecular formula is C10H18ClN3OS. The third-order valence-corrected chi connectivity index (χ3v) is 3.59. The Kier molecular flexibility index (Phi) is 5.64. The van der Waals surface area contributed by atoms with Crippen LogP contribution in [0.15, 0.2) is 6.20 Å². The number of rotatable bonds is 4. The zero-order valence-electron chi connectivity index (χ0n) is 9.27. The molecule has 3 N–H and O–H groups in total. The van der Waals surface area contributed by atoms with E-state index in [0.717, 1.165) is 31.2 Å². The van der Waals surface area contributed by atoms with Crippen LogP contribution >= 0.6 is 23.7 Å². The van der Waals surface area contributed by atoms with Crippen LogP contribution in [0.2, 0.25) is 0 Å². The highest BCUT2D eigenvalue weighted by atomic mass is 35.5. The average Bonchev–Trinajstić information content (AvgIpc) is 2.77. The van der Waals surface area contributed by atoms with E-state index in [1.807, 2.05) is 13.1 Å². The minimum Gasteiger partial charge on any atom is -0.391 e.